The van der Waals surface area contributed by atoms with Gasteiger partial charge in [0.05, 0.1) is 126 Å². The van der Waals surface area contributed by atoms with Gasteiger partial charge < -0.3 is 50.6 Å². The third-order valence-electron chi connectivity index (χ3n) is 17.7. The van der Waals surface area contributed by atoms with Crippen LogP contribution in [0.5, 0.6) is 0 Å². The van der Waals surface area contributed by atoms with Gasteiger partial charge in [-0.15, -0.1) is 34.0 Å². The lowest BCUT2D eigenvalue weighted by atomic mass is 9.92. The van der Waals surface area contributed by atoms with Crippen molar-refractivity contribution in [2.75, 3.05) is 58.9 Å². The van der Waals surface area contributed by atoms with E-state index in [1.54, 1.807) is 34.0 Å². The van der Waals surface area contributed by atoms with Crippen molar-refractivity contribution >= 4 is 139 Å². The fourth-order valence-electron chi connectivity index (χ4n) is 11.6. The van der Waals surface area contributed by atoms with Crippen LogP contribution in [0.3, 0.4) is 0 Å². The lowest BCUT2D eigenvalue weighted by molar-refractivity contribution is -0.110. The number of aryl methyl sites for hydroxylation is 3. The molecule has 35 heteroatoms. The van der Waals surface area contributed by atoms with E-state index in [4.69, 9.17) is 53.2 Å². The fraction of sp³-hybridized carbons (Fsp3) is 0.784. The Morgan fingerprint density at radius 3 is 1.07 bits per heavy atom. The van der Waals surface area contributed by atoms with Crippen molar-refractivity contribution in [1.82, 2.24) is 15.0 Å². The van der Waals surface area contributed by atoms with Gasteiger partial charge in [-0.3, -0.25) is 12.5 Å². The molecule has 109 heavy (non-hydrogen) atoms. The molecule has 24 nitrogen and oxygen atoms in total. The van der Waals surface area contributed by atoms with Crippen LogP contribution in [0.4, 0.5) is 0 Å². The summed E-state index contributed by atoms with van der Waals surface area (Å²) < 4.78 is 152. The Morgan fingerprint density at radius 2 is 0.835 bits per heavy atom. The molecule has 0 saturated carbocycles. The van der Waals surface area contributed by atoms with Gasteiger partial charge in [-0.2, -0.15) is 25.3 Å². The molecule has 0 bridgehead atoms. The molecular weight excluding hydrogens is 1600 g/mol. The smallest absolute Gasteiger partial charge is 0.264 e. The first-order valence-electron chi connectivity index (χ1n) is 37.6. The van der Waals surface area contributed by atoms with E-state index in [0.29, 0.717) is 43.1 Å². The molecule has 0 amide bonds. The Balaban J connectivity index is 0.000000411. The van der Waals surface area contributed by atoms with E-state index >= 15 is 0 Å². The van der Waals surface area contributed by atoms with Crippen molar-refractivity contribution in [3.63, 3.8) is 0 Å². The van der Waals surface area contributed by atoms with Crippen LogP contribution in [0, 0.1) is 38.5 Å². The number of hydrogen-bond acceptors (Lipinski definition) is 27. The lowest BCUT2D eigenvalue weighted by Gasteiger charge is -2.25. The molecule has 3 aliphatic rings. The molecule has 3 aromatic heterocycles. The highest BCUT2D eigenvalue weighted by atomic mass is 32.2. The Labute approximate surface area is 679 Å². The molecule has 1 N–H and O–H groups in total. The number of hydrogen-bond donors (Lipinski definition) is 1. The summed E-state index contributed by atoms with van der Waals surface area (Å²) in [5.41, 5.74) is 4.23. The summed E-state index contributed by atoms with van der Waals surface area (Å²) in [7, 11) is -12.6. The topological polar surface area (TPSA) is 330 Å². The van der Waals surface area contributed by atoms with Crippen LogP contribution in [0.15, 0.2) is 32.9 Å². The number of thiazole rings is 3. The molecule has 6 rings (SSSR count). The Bertz CT molecular complexity index is 3700. The zero-order chi connectivity index (χ0) is 82.8. The largest absolute Gasteiger partial charge is 0.750 e. The molecule has 6 heterocycles. The van der Waals surface area contributed by atoms with E-state index in [0.717, 1.165) is 133 Å². The predicted molar refractivity (Wildman–Crippen MR) is 452 cm³/mol. The molecular formula is C74H134N3O21S7Si4-. The van der Waals surface area contributed by atoms with Crippen LogP contribution in [0.25, 0.3) is 18.2 Å². The maximum Gasteiger partial charge on any atom is 0.264 e. The van der Waals surface area contributed by atoms with Gasteiger partial charge in [0.2, 0.25) is 0 Å². The SMILES string of the molecule is C/C(=C\c1csc(C)n1)[C@H](C[C@@H]1O[C@@]1(CCC[C@H](C)C=O)COS(C)(=O)=O)O[SiH2]C(C)(C)C.C/C(=C\c1csc(C)n1)[C@H](C[C@@H]1O[C@@]1(CCC[C@H](C)CO)COS(C)(=O)=O)O[SiH2]C(C)(C)C.C/C(=C\c1csc(C)n1)[C@H](C[C@@H]1O[C@@]1(CCC[C@H](C)CO[SiH2]C(C)(C)C)COS(C)(=O)=O)O[SiH2]C(C)(C)C.COS(=O)[O-]. The van der Waals surface area contributed by atoms with Crippen LogP contribution in [-0.2, 0) is 95.2 Å². The highest BCUT2D eigenvalue weighted by Crippen LogP contribution is 2.49. The second kappa shape index (κ2) is 45.7. The number of epoxide rings is 3. The summed E-state index contributed by atoms with van der Waals surface area (Å²) in [5.74, 6) is 0.627. The summed E-state index contributed by atoms with van der Waals surface area (Å²) in [5, 5.41) is 19.3. The Morgan fingerprint density at radius 1 is 0.550 bits per heavy atom. The molecule has 3 aliphatic heterocycles. The van der Waals surface area contributed by atoms with Gasteiger partial charge in [0, 0.05) is 54.5 Å². The van der Waals surface area contributed by atoms with E-state index in [1.165, 1.54) is 0 Å². The Hall–Kier alpha value is -1.87. The third-order valence-corrected chi connectivity index (χ3v) is 27.6. The highest BCUT2D eigenvalue weighted by molar-refractivity contribution is 7.86. The van der Waals surface area contributed by atoms with Crippen molar-refractivity contribution < 1.29 is 92.6 Å². The summed E-state index contributed by atoms with van der Waals surface area (Å²) in [4.78, 5) is 24.6. The standard InChI is InChI=1S/C27H51NO6S2Si2.C23H41NO6S2Si.C23H39NO6S2Si.CH4O3S/c1-19(16-32-37-25(4,5)6)12-11-13-27(18-31-36(10,29)30)24(33-27)15-23(34-38-26(7,8)9)20(2)14-22-17-35-21(3)28-22;2*1-16(13-25)9-8-10-23(15-28-32(7,26)27)21(29-23)12-20(30-33-22(4,5)6)17(2)11-19-14-31-18(3)24-19;1-4-5(2)3/h14,17,19,23-24H,11-13,15-16,18,37-38H2,1-10H3;11,14,16,20-21,25H,8-10,12-13,15,33H2,1-7H3;11,13-14,16,20-21H,8-10,12,15,33H2,1-7H3;1H3,(H,2,3)/p-1/b20-14+;2*17-11+;/t19-,23-,24-,27-;2*16-,20-,21-,23-;/m000./s1. The number of aromatic nitrogens is 3. The maximum absolute atomic E-state index is 11.8. The molecule has 13 atom stereocenters. The number of carbonyl (C=O) groups is 1. The number of ether oxygens (including phenoxy) is 3. The second-order valence-electron chi connectivity index (χ2n) is 34.9. The number of aliphatic hydroxyl groups is 1. The lowest BCUT2D eigenvalue weighted by Crippen LogP contribution is -2.29. The summed E-state index contributed by atoms with van der Waals surface area (Å²) >= 11 is 2.55. The molecule has 630 valence electrons. The molecule has 1 unspecified atom stereocenters. The maximum atomic E-state index is 11.8. The van der Waals surface area contributed by atoms with E-state index in [-0.39, 0.29) is 90.0 Å². The molecule has 0 radical (unpaired) electrons. The molecule has 3 saturated heterocycles. The first-order valence-corrected chi connectivity index (χ1v) is 51.8. The minimum atomic E-state index is -3.58. The molecule has 3 fully saturated rings. The van der Waals surface area contributed by atoms with Gasteiger partial charge in [0.1, 0.15) is 23.1 Å². The highest BCUT2D eigenvalue weighted by Gasteiger charge is 2.59. The number of aliphatic hydroxyl groups excluding tert-OH is 1. The van der Waals surface area contributed by atoms with Crippen LogP contribution in [-0.4, -0.2) is 212 Å². The van der Waals surface area contributed by atoms with Gasteiger partial charge >= 0.3 is 0 Å². The quantitative estimate of drug-likeness (QED) is 0.0181. The van der Waals surface area contributed by atoms with E-state index in [9.17, 15) is 35.2 Å². The van der Waals surface area contributed by atoms with Crippen LogP contribution >= 0.6 is 34.0 Å². The van der Waals surface area contributed by atoms with Gasteiger partial charge in [-0.05, 0) is 153 Å². The van der Waals surface area contributed by atoms with E-state index < -0.39 is 97.6 Å². The summed E-state index contributed by atoms with van der Waals surface area (Å²) in [6.07, 6.45) is 18.8. The van der Waals surface area contributed by atoms with Gasteiger partial charge in [0.15, 0.2) is 39.1 Å². The first kappa shape index (κ1) is 101. The summed E-state index contributed by atoms with van der Waals surface area (Å²) in [6.45, 7) is 45.8. The minimum absolute atomic E-state index is 0.0105. The number of carbonyl (C=O) groups excluding carboxylic acids is 1. The minimum Gasteiger partial charge on any atom is -0.750 e. The fourth-order valence-corrected chi connectivity index (χ4v) is 18.9. The molecule has 3 aromatic rings. The van der Waals surface area contributed by atoms with Crippen LogP contribution < -0.4 is 0 Å². The van der Waals surface area contributed by atoms with Crippen molar-refractivity contribution in [3.8, 4) is 0 Å². The molecule has 0 aromatic carbocycles. The molecule has 0 spiro atoms. The van der Waals surface area contributed by atoms with Gasteiger partial charge in [0.25, 0.3) is 30.4 Å². The second-order valence-corrected chi connectivity index (χ2v) is 54.8. The van der Waals surface area contributed by atoms with Crippen molar-refractivity contribution in [2.45, 2.75) is 296 Å². The van der Waals surface area contributed by atoms with Crippen molar-refractivity contribution in [3.05, 3.63) is 65.0 Å². The zero-order valence-corrected chi connectivity index (χ0v) is 81.3. The van der Waals surface area contributed by atoms with Crippen molar-refractivity contribution in [1.29, 1.82) is 0 Å². The van der Waals surface area contributed by atoms with Gasteiger partial charge in [-0.25, -0.2) is 19.2 Å². The molecule has 0 aliphatic carbocycles. The first-order chi connectivity index (χ1) is 50.1. The average Bonchev–Trinajstić information content (AvgIpc) is 1.61. The van der Waals surface area contributed by atoms with E-state index in [1.807, 2.05) is 45.4 Å². The van der Waals surface area contributed by atoms with Crippen LogP contribution in [0.1, 0.15) is 234 Å². The zero-order valence-electron chi connectivity index (χ0n) is 69.9. The van der Waals surface area contributed by atoms with Gasteiger partial charge in [-0.1, -0.05) is 117 Å². The normalized spacial score (nSPS) is 23.1. The number of aldehydes is 1. The number of nitrogens with zero attached hydrogens (tertiary/aromatic N) is 3. The summed E-state index contributed by atoms with van der Waals surface area (Å²) in [6, 6.07) is 0. The third kappa shape index (κ3) is 44.3. The predicted octanol–water partition coefficient (Wildman–Crippen LogP) is 12.5. The van der Waals surface area contributed by atoms with Crippen molar-refractivity contribution in [2.24, 2.45) is 17.8 Å². The van der Waals surface area contributed by atoms with Crippen LogP contribution in [0.2, 0.25) is 20.2 Å². The monoisotopic (exact) mass is 1740 g/mol. The number of rotatable bonds is 45. The Kier molecular flexibility index (Phi) is 42.5. The average molecular weight is 1740 g/mol. The van der Waals surface area contributed by atoms with E-state index in [2.05, 4.69) is 154 Å².